The molecule has 0 aliphatic carbocycles. The molecule has 208 valence electrons. The summed E-state index contributed by atoms with van der Waals surface area (Å²) >= 11 is 0. The first-order valence-electron chi connectivity index (χ1n) is 13.9. The first-order valence-corrected chi connectivity index (χ1v) is 13.9. The van der Waals surface area contributed by atoms with Crippen LogP contribution in [0.25, 0.3) is 22.2 Å². The van der Waals surface area contributed by atoms with Crippen molar-refractivity contribution in [1.82, 2.24) is 20.3 Å². The highest BCUT2D eigenvalue weighted by Gasteiger charge is 2.35. The molecule has 2 aromatic heterocycles. The Balaban J connectivity index is 1.12. The molecule has 2 aromatic carbocycles. The van der Waals surface area contributed by atoms with Gasteiger partial charge in [-0.3, -0.25) is 4.79 Å². The summed E-state index contributed by atoms with van der Waals surface area (Å²) in [6.07, 6.45) is 0.167. The summed E-state index contributed by atoms with van der Waals surface area (Å²) in [5.41, 5.74) is 3.18. The quantitative estimate of drug-likeness (QED) is 0.376. The molecule has 0 spiro atoms. The molecule has 2 N–H and O–H groups in total. The second kappa shape index (κ2) is 10.8. The number of nitrogens with zero attached hydrogens (tertiary/aromatic N) is 6. The van der Waals surface area contributed by atoms with Gasteiger partial charge in [0.1, 0.15) is 11.7 Å². The van der Waals surface area contributed by atoms with Crippen molar-refractivity contribution in [3.63, 3.8) is 0 Å². The third-order valence-electron chi connectivity index (χ3n) is 7.95. The molecule has 1 amide bonds. The topological polar surface area (TPSA) is 119 Å². The molecule has 0 unspecified atom stereocenters. The molecule has 6 rings (SSSR count). The number of benzene rings is 2. The predicted molar refractivity (Wildman–Crippen MR) is 152 cm³/mol. The molecular weight excluding hydrogens is 508 g/mol. The molecule has 2 aliphatic heterocycles. The van der Waals surface area contributed by atoms with Gasteiger partial charge in [-0.25, -0.2) is 0 Å². The highest BCUT2D eigenvalue weighted by molar-refractivity contribution is 5.86. The number of anilines is 2. The lowest BCUT2D eigenvalue weighted by molar-refractivity contribution is -0.133. The van der Waals surface area contributed by atoms with Gasteiger partial charge in [-0.2, -0.15) is 0 Å². The smallest absolute Gasteiger partial charge is 0.233 e. The molecule has 40 heavy (non-hydrogen) atoms. The standard InChI is InChI=1S/C30H34N6O4/c1-19(2)29(30(39)36-10-9-22(37)18-36)27-17-28(33-40-27)35-13-11-34(12-14-35)21-8-7-20-15-25(32-31-24(20)16-21)23-5-3-4-6-26(23)38/h3-8,15-17,19,22,29,37-38H,9-14,18H2,1-2H3/t22-,29-/m1/s1. The van der Waals surface area contributed by atoms with Gasteiger partial charge in [0.25, 0.3) is 0 Å². The van der Waals surface area contributed by atoms with E-state index in [0.717, 1.165) is 48.6 Å². The number of likely N-dealkylation sites (tertiary alicyclic amines) is 1. The van der Waals surface area contributed by atoms with Crippen LogP contribution in [-0.4, -0.2) is 81.7 Å². The van der Waals surface area contributed by atoms with Crippen LogP contribution in [-0.2, 0) is 4.79 Å². The van der Waals surface area contributed by atoms with Crippen LogP contribution in [0.2, 0.25) is 0 Å². The number of fused-ring (bicyclic) bond motifs is 1. The normalized spacial score (nSPS) is 18.6. The van der Waals surface area contributed by atoms with Crippen molar-refractivity contribution in [3.8, 4) is 17.0 Å². The number of carbonyl (C=O) groups is 1. The summed E-state index contributed by atoms with van der Waals surface area (Å²) in [5.74, 6) is 1.13. The Morgan fingerprint density at radius 2 is 1.75 bits per heavy atom. The number of aromatic hydroxyl groups is 1. The second-order valence-electron chi connectivity index (χ2n) is 11.0. The first kappa shape index (κ1) is 26.1. The van der Waals surface area contributed by atoms with E-state index in [9.17, 15) is 15.0 Å². The fourth-order valence-corrected chi connectivity index (χ4v) is 5.69. The van der Waals surface area contributed by atoms with Crippen molar-refractivity contribution in [2.24, 2.45) is 5.92 Å². The average molecular weight is 543 g/mol. The third-order valence-corrected chi connectivity index (χ3v) is 7.95. The van der Waals surface area contributed by atoms with E-state index in [1.165, 1.54) is 0 Å². The molecule has 10 nitrogen and oxygen atoms in total. The number of carbonyl (C=O) groups excluding carboxylic acids is 1. The molecule has 2 fully saturated rings. The van der Waals surface area contributed by atoms with E-state index in [-0.39, 0.29) is 17.6 Å². The molecule has 2 saturated heterocycles. The highest BCUT2D eigenvalue weighted by Crippen LogP contribution is 2.32. The maximum absolute atomic E-state index is 13.2. The molecule has 4 aromatic rings. The number of aliphatic hydroxyl groups is 1. The van der Waals surface area contributed by atoms with Crippen molar-refractivity contribution in [2.45, 2.75) is 32.3 Å². The van der Waals surface area contributed by atoms with Gasteiger partial charge in [-0.05, 0) is 42.7 Å². The number of hydrogen-bond acceptors (Lipinski definition) is 9. The van der Waals surface area contributed by atoms with E-state index in [2.05, 4.69) is 37.3 Å². The minimum Gasteiger partial charge on any atom is -0.507 e. The van der Waals surface area contributed by atoms with E-state index in [0.29, 0.717) is 36.5 Å². The first-order chi connectivity index (χ1) is 19.4. The number of amides is 1. The van der Waals surface area contributed by atoms with Gasteiger partial charge >= 0.3 is 0 Å². The number of phenolic OH excluding ortho intramolecular Hbond substituents is 1. The largest absolute Gasteiger partial charge is 0.507 e. The summed E-state index contributed by atoms with van der Waals surface area (Å²) in [6, 6.07) is 17.2. The number of rotatable bonds is 6. The van der Waals surface area contributed by atoms with Crippen LogP contribution in [0.1, 0.15) is 31.9 Å². The van der Waals surface area contributed by atoms with Gasteiger partial charge in [0, 0.05) is 62.0 Å². The van der Waals surface area contributed by atoms with Crippen LogP contribution in [0.3, 0.4) is 0 Å². The van der Waals surface area contributed by atoms with Gasteiger partial charge in [0.2, 0.25) is 5.91 Å². The van der Waals surface area contributed by atoms with E-state index < -0.39 is 12.0 Å². The summed E-state index contributed by atoms with van der Waals surface area (Å²) in [5, 5.41) is 34.1. The molecule has 2 aliphatic rings. The number of piperazine rings is 1. The average Bonchev–Trinajstić information content (AvgIpc) is 3.62. The maximum atomic E-state index is 13.2. The van der Waals surface area contributed by atoms with Crippen LogP contribution >= 0.6 is 0 Å². The van der Waals surface area contributed by atoms with Gasteiger partial charge < -0.3 is 29.4 Å². The zero-order valence-corrected chi connectivity index (χ0v) is 22.8. The molecule has 0 radical (unpaired) electrons. The lowest BCUT2D eigenvalue weighted by atomic mass is 9.92. The summed E-state index contributed by atoms with van der Waals surface area (Å²) < 4.78 is 5.71. The maximum Gasteiger partial charge on any atom is 0.233 e. The number of β-amino-alcohol motifs (C(OH)–C–C–N with tert-alkyl or cyclic N) is 1. The van der Waals surface area contributed by atoms with E-state index in [1.54, 1.807) is 17.0 Å². The SMILES string of the molecule is CC(C)[C@@H](C(=O)N1CC[C@@H](O)C1)c1cc(N2CCN(c3ccc4cc(-c5ccccc5O)nnc4c3)CC2)no1. The number of aliphatic hydroxyl groups excluding tert-OH is 1. The molecule has 2 atom stereocenters. The molecular formula is C30H34N6O4. The van der Waals surface area contributed by atoms with Crippen LogP contribution in [0, 0.1) is 5.92 Å². The minimum atomic E-state index is -0.450. The molecule has 0 bridgehead atoms. The highest BCUT2D eigenvalue weighted by atomic mass is 16.5. The Kier molecular flexibility index (Phi) is 7.02. The van der Waals surface area contributed by atoms with Crippen molar-refractivity contribution in [2.75, 3.05) is 49.1 Å². The number of phenols is 1. The Morgan fingerprint density at radius 3 is 2.48 bits per heavy atom. The summed E-state index contributed by atoms with van der Waals surface area (Å²) in [6.45, 7) is 8.10. The van der Waals surface area contributed by atoms with Crippen molar-refractivity contribution < 1.29 is 19.5 Å². The minimum absolute atomic E-state index is 0.00818. The Morgan fingerprint density at radius 1 is 0.975 bits per heavy atom. The van der Waals surface area contributed by atoms with Crippen molar-refractivity contribution >= 4 is 28.3 Å². The van der Waals surface area contributed by atoms with Gasteiger partial charge in [-0.1, -0.05) is 37.2 Å². The van der Waals surface area contributed by atoms with Gasteiger partial charge in [-0.15, -0.1) is 10.2 Å². The van der Waals surface area contributed by atoms with Crippen LogP contribution in [0.4, 0.5) is 11.5 Å². The van der Waals surface area contributed by atoms with Crippen LogP contribution < -0.4 is 9.80 Å². The Labute approximate surface area is 232 Å². The molecule has 0 saturated carbocycles. The Hall–Kier alpha value is -4.18. The van der Waals surface area contributed by atoms with Gasteiger partial charge in [0.15, 0.2) is 11.6 Å². The number of aromatic nitrogens is 3. The Bertz CT molecular complexity index is 1510. The third kappa shape index (κ3) is 5.06. The predicted octanol–water partition coefficient (Wildman–Crippen LogP) is 3.65. The zero-order chi connectivity index (χ0) is 27.8. The van der Waals surface area contributed by atoms with Crippen LogP contribution in [0.5, 0.6) is 5.75 Å². The van der Waals surface area contributed by atoms with E-state index >= 15 is 0 Å². The van der Waals surface area contributed by atoms with Crippen molar-refractivity contribution in [1.29, 1.82) is 0 Å². The van der Waals surface area contributed by atoms with Gasteiger partial charge in [0.05, 0.1) is 17.3 Å². The van der Waals surface area contributed by atoms with E-state index in [1.807, 2.05) is 44.2 Å². The fraction of sp³-hybridized carbons (Fsp3) is 0.400. The summed E-state index contributed by atoms with van der Waals surface area (Å²) in [4.78, 5) is 19.4. The molecule has 10 heteroatoms. The molecule has 4 heterocycles. The lowest BCUT2D eigenvalue weighted by Crippen LogP contribution is -2.46. The zero-order valence-electron chi connectivity index (χ0n) is 22.8. The second-order valence-corrected chi connectivity index (χ2v) is 11.0. The van der Waals surface area contributed by atoms with E-state index in [4.69, 9.17) is 4.52 Å². The number of para-hydroxylation sites is 1. The lowest BCUT2D eigenvalue weighted by Gasteiger charge is -2.36. The number of hydrogen-bond donors (Lipinski definition) is 2. The summed E-state index contributed by atoms with van der Waals surface area (Å²) in [7, 11) is 0. The van der Waals surface area contributed by atoms with Crippen LogP contribution in [0.15, 0.2) is 59.1 Å². The van der Waals surface area contributed by atoms with Crippen molar-refractivity contribution in [3.05, 3.63) is 60.4 Å². The fourth-order valence-electron chi connectivity index (χ4n) is 5.69. The monoisotopic (exact) mass is 542 g/mol.